The lowest BCUT2D eigenvalue weighted by atomic mass is 10.1. The molecule has 0 radical (unpaired) electrons. The van der Waals surface area contributed by atoms with Crippen molar-refractivity contribution in [3.63, 3.8) is 0 Å². The Balaban J connectivity index is 2.11. The minimum Gasteiger partial charge on any atom is -0.459 e. The van der Waals surface area contributed by atoms with E-state index in [1.54, 1.807) is 0 Å². The van der Waals surface area contributed by atoms with E-state index in [4.69, 9.17) is 21.9 Å². The Kier molecular flexibility index (Phi) is 4.56. The first-order valence-corrected chi connectivity index (χ1v) is 8.43. The summed E-state index contributed by atoms with van der Waals surface area (Å²) < 4.78 is 8.01. The molecule has 0 saturated heterocycles. The molecule has 3 N–H and O–H groups in total. The van der Waals surface area contributed by atoms with Crippen LogP contribution < -0.4 is 11.3 Å². The van der Waals surface area contributed by atoms with E-state index in [-0.39, 0.29) is 6.04 Å². The second-order valence-electron chi connectivity index (χ2n) is 4.60. The molecule has 1 atom stereocenters. The number of hydrazine groups is 1. The van der Waals surface area contributed by atoms with Crippen LogP contribution in [0, 0.1) is 3.57 Å². The van der Waals surface area contributed by atoms with Gasteiger partial charge in [-0.1, -0.05) is 27.5 Å². The Morgan fingerprint density at radius 1 is 1.19 bits per heavy atom. The highest BCUT2D eigenvalue weighted by Gasteiger charge is 2.20. The van der Waals surface area contributed by atoms with E-state index in [0.29, 0.717) is 5.02 Å². The third-order valence-electron chi connectivity index (χ3n) is 3.22. The van der Waals surface area contributed by atoms with Crippen LogP contribution in [0.25, 0.3) is 11.0 Å². The number of hydrogen-bond donors (Lipinski definition) is 2. The molecule has 0 aliphatic rings. The molecule has 2 aromatic carbocycles. The van der Waals surface area contributed by atoms with E-state index >= 15 is 0 Å². The van der Waals surface area contributed by atoms with Crippen LogP contribution in [0.4, 0.5) is 0 Å². The van der Waals surface area contributed by atoms with Crippen LogP contribution >= 0.6 is 50.1 Å². The van der Waals surface area contributed by atoms with Crippen molar-refractivity contribution in [3.05, 3.63) is 66.9 Å². The molecular formula is C15H11BrClIN2O. The first-order valence-electron chi connectivity index (χ1n) is 6.18. The monoisotopic (exact) mass is 476 g/mol. The summed E-state index contributed by atoms with van der Waals surface area (Å²) in [4.78, 5) is 0. The average Bonchev–Trinajstić information content (AvgIpc) is 2.86. The van der Waals surface area contributed by atoms with Crippen molar-refractivity contribution in [2.24, 2.45) is 5.84 Å². The van der Waals surface area contributed by atoms with Gasteiger partial charge in [0.2, 0.25) is 0 Å². The normalized spacial score (nSPS) is 12.8. The van der Waals surface area contributed by atoms with E-state index < -0.39 is 0 Å². The van der Waals surface area contributed by atoms with Gasteiger partial charge in [0.25, 0.3) is 0 Å². The average molecular weight is 478 g/mol. The predicted molar refractivity (Wildman–Crippen MR) is 97.2 cm³/mol. The Morgan fingerprint density at radius 2 is 2.00 bits per heavy atom. The zero-order chi connectivity index (χ0) is 15.0. The highest BCUT2D eigenvalue weighted by molar-refractivity contribution is 14.1. The minimum absolute atomic E-state index is 0.222. The summed E-state index contributed by atoms with van der Waals surface area (Å²) in [6, 6.07) is 13.4. The van der Waals surface area contributed by atoms with Crippen molar-refractivity contribution in [3.8, 4) is 0 Å². The lowest BCUT2D eigenvalue weighted by Crippen LogP contribution is -2.29. The summed E-state index contributed by atoms with van der Waals surface area (Å²) in [5, 5.41) is 1.65. The molecule has 6 heteroatoms. The third kappa shape index (κ3) is 3.12. The van der Waals surface area contributed by atoms with Crippen LogP contribution in [-0.2, 0) is 0 Å². The molecule has 108 valence electrons. The van der Waals surface area contributed by atoms with Gasteiger partial charge in [0, 0.05) is 18.5 Å². The molecule has 1 heterocycles. The number of furan rings is 1. The van der Waals surface area contributed by atoms with E-state index in [1.807, 2.05) is 42.5 Å². The lowest BCUT2D eigenvalue weighted by Gasteiger charge is -2.15. The van der Waals surface area contributed by atoms with Crippen LogP contribution in [-0.4, -0.2) is 0 Å². The molecule has 3 nitrogen and oxygen atoms in total. The smallest absolute Gasteiger partial charge is 0.134 e. The molecule has 1 unspecified atom stereocenters. The summed E-state index contributed by atoms with van der Waals surface area (Å²) in [7, 11) is 0. The van der Waals surface area contributed by atoms with Crippen molar-refractivity contribution in [1.29, 1.82) is 0 Å². The molecule has 0 spiro atoms. The molecule has 0 fully saturated rings. The van der Waals surface area contributed by atoms with Crippen molar-refractivity contribution in [2.45, 2.75) is 6.04 Å². The van der Waals surface area contributed by atoms with Gasteiger partial charge in [-0.05, 0) is 70.6 Å². The quantitative estimate of drug-likeness (QED) is 0.317. The molecule has 0 aliphatic carbocycles. The van der Waals surface area contributed by atoms with Crippen molar-refractivity contribution < 1.29 is 4.42 Å². The van der Waals surface area contributed by atoms with Crippen molar-refractivity contribution in [2.75, 3.05) is 0 Å². The molecule has 21 heavy (non-hydrogen) atoms. The number of fused-ring (bicyclic) bond motifs is 1. The fourth-order valence-corrected chi connectivity index (χ4v) is 3.44. The van der Waals surface area contributed by atoms with Crippen molar-refractivity contribution >= 4 is 61.1 Å². The Labute approximate surface area is 149 Å². The van der Waals surface area contributed by atoms with Gasteiger partial charge >= 0.3 is 0 Å². The maximum atomic E-state index is 6.02. The fourth-order valence-electron chi connectivity index (χ4n) is 2.24. The van der Waals surface area contributed by atoms with Crippen molar-refractivity contribution in [1.82, 2.24) is 5.43 Å². The summed E-state index contributed by atoms with van der Waals surface area (Å²) >= 11 is 11.8. The van der Waals surface area contributed by atoms with E-state index in [9.17, 15) is 0 Å². The lowest BCUT2D eigenvalue weighted by molar-refractivity contribution is 0.476. The van der Waals surface area contributed by atoms with Gasteiger partial charge in [-0.2, -0.15) is 0 Å². The Hall–Kier alpha value is -0.600. The van der Waals surface area contributed by atoms with Gasteiger partial charge in [0.15, 0.2) is 0 Å². The molecule has 0 saturated carbocycles. The van der Waals surface area contributed by atoms with Gasteiger partial charge in [0.1, 0.15) is 17.4 Å². The third-order valence-corrected chi connectivity index (χ3v) is 4.93. The molecule has 0 bridgehead atoms. The van der Waals surface area contributed by atoms with E-state index in [2.05, 4.69) is 43.9 Å². The standard InChI is InChI=1S/C15H11BrClIN2O/c16-9-1-3-12(18)11(7-9)15(20-19)14-6-8-5-10(17)2-4-13(8)21-14/h1-7,15,20H,19H2. The summed E-state index contributed by atoms with van der Waals surface area (Å²) in [6.07, 6.45) is 0. The van der Waals surface area contributed by atoms with E-state index in [1.165, 1.54) is 0 Å². The zero-order valence-electron chi connectivity index (χ0n) is 10.7. The Bertz CT molecular complexity index is 805. The molecular weight excluding hydrogens is 466 g/mol. The van der Waals surface area contributed by atoms with Crippen LogP contribution in [0.2, 0.25) is 5.02 Å². The fraction of sp³-hybridized carbons (Fsp3) is 0.0667. The summed E-state index contributed by atoms with van der Waals surface area (Å²) in [5.41, 5.74) is 4.67. The van der Waals surface area contributed by atoms with Crippen LogP contribution in [0.3, 0.4) is 0 Å². The maximum Gasteiger partial charge on any atom is 0.134 e. The van der Waals surface area contributed by atoms with Gasteiger partial charge in [-0.3, -0.25) is 5.84 Å². The summed E-state index contributed by atoms with van der Waals surface area (Å²) in [6.45, 7) is 0. The highest BCUT2D eigenvalue weighted by Crippen LogP contribution is 2.32. The second kappa shape index (κ2) is 6.26. The van der Waals surface area contributed by atoms with Crippen LogP contribution in [0.1, 0.15) is 17.4 Å². The maximum absolute atomic E-state index is 6.02. The number of benzene rings is 2. The first-order chi connectivity index (χ1) is 10.1. The first kappa shape index (κ1) is 15.3. The molecule has 1 aromatic heterocycles. The highest BCUT2D eigenvalue weighted by atomic mass is 127. The molecule has 3 rings (SSSR count). The van der Waals surface area contributed by atoms with Crippen LogP contribution in [0.15, 0.2) is 51.4 Å². The number of hydrogen-bond acceptors (Lipinski definition) is 3. The number of halogens is 3. The van der Waals surface area contributed by atoms with Crippen LogP contribution in [0.5, 0.6) is 0 Å². The minimum atomic E-state index is -0.222. The zero-order valence-corrected chi connectivity index (χ0v) is 15.2. The molecule has 0 aliphatic heterocycles. The largest absolute Gasteiger partial charge is 0.459 e. The summed E-state index contributed by atoms with van der Waals surface area (Å²) in [5.74, 6) is 6.51. The van der Waals surface area contributed by atoms with Gasteiger partial charge in [-0.25, -0.2) is 5.43 Å². The predicted octanol–water partition coefficient (Wildman–Crippen LogP) is 5.01. The van der Waals surface area contributed by atoms with E-state index in [0.717, 1.165) is 30.3 Å². The van der Waals surface area contributed by atoms with Gasteiger partial charge < -0.3 is 4.42 Å². The molecule has 0 amide bonds. The SMILES string of the molecule is NNC(c1cc2cc(Cl)ccc2o1)c1cc(Br)ccc1I. The van der Waals surface area contributed by atoms with Gasteiger partial charge in [-0.15, -0.1) is 0 Å². The number of rotatable bonds is 3. The number of nitrogens with one attached hydrogen (secondary N) is 1. The Morgan fingerprint density at radius 3 is 2.76 bits per heavy atom. The van der Waals surface area contributed by atoms with Gasteiger partial charge in [0.05, 0.1) is 0 Å². The second-order valence-corrected chi connectivity index (χ2v) is 7.11. The number of nitrogens with two attached hydrogens (primary N) is 1. The topological polar surface area (TPSA) is 51.2 Å². The molecule has 3 aromatic rings.